The van der Waals surface area contributed by atoms with Gasteiger partial charge < -0.3 is 16.0 Å². The molecule has 3 rings (SSSR count). The Morgan fingerprint density at radius 1 is 1.37 bits per heavy atom. The first kappa shape index (κ1) is 12.2. The van der Waals surface area contributed by atoms with Crippen molar-refractivity contribution in [3.05, 3.63) is 34.3 Å². The molecule has 1 aliphatic carbocycles. The van der Waals surface area contributed by atoms with Gasteiger partial charge in [-0.3, -0.25) is 9.59 Å². The molecule has 2 heterocycles. The van der Waals surface area contributed by atoms with Gasteiger partial charge in [-0.15, -0.1) is 0 Å². The third-order valence-electron chi connectivity index (χ3n) is 4.31. The lowest BCUT2D eigenvalue weighted by Crippen LogP contribution is -2.29. The van der Waals surface area contributed by atoms with E-state index < -0.39 is 0 Å². The van der Waals surface area contributed by atoms with E-state index >= 15 is 0 Å². The van der Waals surface area contributed by atoms with Crippen molar-refractivity contribution >= 4 is 11.6 Å². The SMILES string of the molecule is CCC1c2cc3c(n2CC1N)C(=O)C(C)=C(N)C3=O. The second-order valence-electron chi connectivity index (χ2n) is 5.32. The van der Waals surface area contributed by atoms with Crippen LogP contribution in [0.5, 0.6) is 0 Å². The van der Waals surface area contributed by atoms with Crippen LogP contribution in [0.15, 0.2) is 17.3 Å². The van der Waals surface area contributed by atoms with Crippen molar-refractivity contribution in [1.82, 2.24) is 4.57 Å². The highest BCUT2D eigenvalue weighted by atomic mass is 16.1. The molecule has 0 saturated carbocycles. The van der Waals surface area contributed by atoms with Crippen LogP contribution in [0, 0.1) is 0 Å². The third-order valence-corrected chi connectivity index (χ3v) is 4.31. The van der Waals surface area contributed by atoms with Gasteiger partial charge in [-0.05, 0) is 19.4 Å². The summed E-state index contributed by atoms with van der Waals surface area (Å²) in [5.41, 5.74) is 14.1. The maximum Gasteiger partial charge on any atom is 0.211 e. The zero-order valence-electron chi connectivity index (χ0n) is 11.1. The van der Waals surface area contributed by atoms with Crippen molar-refractivity contribution in [2.75, 3.05) is 0 Å². The number of carbonyl (C=O) groups excluding carboxylic acids is 2. The minimum atomic E-state index is -0.238. The smallest absolute Gasteiger partial charge is 0.211 e. The standard InChI is InChI=1S/C14H17N3O2/c1-3-7-9(15)5-17-10(7)4-8-12(17)13(18)6(2)11(16)14(8)19/h4,7,9H,3,5,15-16H2,1-2H3. The van der Waals surface area contributed by atoms with Gasteiger partial charge in [0.25, 0.3) is 0 Å². The summed E-state index contributed by atoms with van der Waals surface area (Å²) in [6.07, 6.45) is 0.897. The number of nitrogens with two attached hydrogens (primary N) is 2. The van der Waals surface area contributed by atoms with Crippen molar-refractivity contribution in [3.8, 4) is 0 Å². The lowest BCUT2D eigenvalue weighted by atomic mass is 9.91. The summed E-state index contributed by atoms with van der Waals surface area (Å²) < 4.78 is 1.91. The molecule has 1 aromatic heterocycles. The molecule has 2 atom stereocenters. The summed E-state index contributed by atoms with van der Waals surface area (Å²) in [4.78, 5) is 24.5. The summed E-state index contributed by atoms with van der Waals surface area (Å²) in [5.74, 6) is -0.188. The van der Waals surface area contributed by atoms with Gasteiger partial charge in [0, 0.05) is 29.8 Å². The van der Waals surface area contributed by atoms with Crippen molar-refractivity contribution in [1.29, 1.82) is 0 Å². The second kappa shape index (κ2) is 3.81. The number of rotatable bonds is 1. The van der Waals surface area contributed by atoms with Crippen LogP contribution in [-0.2, 0) is 6.54 Å². The van der Waals surface area contributed by atoms with Gasteiger partial charge >= 0.3 is 0 Å². The van der Waals surface area contributed by atoms with E-state index in [0.29, 0.717) is 23.4 Å². The molecule has 0 amide bonds. The van der Waals surface area contributed by atoms with Gasteiger partial charge in [0.15, 0.2) is 0 Å². The van der Waals surface area contributed by atoms with Crippen LogP contribution in [0.25, 0.3) is 0 Å². The first-order valence-corrected chi connectivity index (χ1v) is 6.52. The topological polar surface area (TPSA) is 91.1 Å². The van der Waals surface area contributed by atoms with E-state index in [2.05, 4.69) is 6.92 Å². The number of carbonyl (C=O) groups is 2. The molecule has 4 N–H and O–H groups in total. The maximum atomic E-state index is 12.3. The van der Waals surface area contributed by atoms with E-state index in [4.69, 9.17) is 11.5 Å². The highest BCUT2D eigenvalue weighted by Gasteiger charge is 2.39. The Balaban J connectivity index is 2.22. The number of aromatic nitrogens is 1. The number of hydrogen-bond acceptors (Lipinski definition) is 4. The number of allylic oxidation sites excluding steroid dienone is 2. The molecule has 1 aliphatic heterocycles. The van der Waals surface area contributed by atoms with Gasteiger partial charge in [-0.25, -0.2) is 0 Å². The fourth-order valence-corrected chi connectivity index (χ4v) is 3.18. The minimum Gasteiger partial charge on any atom is -0.395 e. The molecular weight excluding hydrogens is 242 g/mol. The van der Waals surface area contributed by atoms with Crippen LogP contribution < -0.4 is 11.5 Å². The van der Waals surface area contributed by atoms with Crippen LogP contribution in [-0.4, -0.2) is 22.2 Å². The average molecular weight is 259 g/mol. The first-order chi connectivity index (χ1) is 8.97. The average Bonchev–Trinajstić information content (AvgIpc) is 2.88. The number of fused-ring (bicyclic) bond motifs is 3. The molecule has 0 spiro atoms. The molecule has 0 saturated heterocycles. The monoisotopic (exact) mass is 259 g/mol. The predicted octanol–water partition coefficient (Wildman–Crippen LogP) is 0.934. The van der Waals surface area contributed by atoms with E-state index in [0.717, 1.165) is 12.1 Å². The van der Waals surface area contributed by atoms with Crippen molar-refractivity contribution < 1.29 is 9.59 Å². The predicted molar refractivity (Wildman–Crippen MR) is 71.0 cm³/mol. The molecule has 2 unspecified atom stereocenters. The Labute approximate surface area is 111 Å². The van der Waals surface area contributed by atoms with E-state index in [1.807, 2.05) is 4.57 Å². The summed E-state index contributed by atoms with van der Waals surface area (Å²) in [5, 5.41) is 0. The van der Waals surface area contributed by atoms with Crippen LogP contribution in [0.1, 0.15) is 52.7 Å². The van der Waals surface area contributed by atoms with Gasteiger partial charge in [0.2, 0.25) is 11.6 Å². The van der Waals surface area contributed by atoms with Crippen LogP contribution >= 0.6 is 0 Å². The Bertz CT molecular complexity index is 639. The zero-order chi connectivity index (χ0) is 13.9. The largest absolute Gasteiger partial charge is 0.395 e. The van der Waals surface area contributed by atoms with E-state index in [1.165, 1.54) is 0 Å². The molecule has 0 bridgehead atoms. The first-order valence-electron chi connectivity index (χ1n) is 6.52. The molecule has 0 fully saturated rings. The van der Waals surface area contributed by atoms with Crippen LogP contribution in [0.4, 0.5) is 0 Å². The van der Waals surface area contributed by atoms with Crippen molar-refractivity contribution in [3.63, 3.8) is 0 Å². The van der Waals surface area contributed by atoms with Gasteiger partial charge in [0.1, 0.15) is 5.69 Å². The van der Waals surface area contributed by atoms with Gasteiger partial charge in [-0.1, -0.05) is 6.92 Å². The lowest BCUT2D eigenvalue weighted by molar-refractivity contribution is 0.0968. The molecule has 5 heteroatoms. The number of ketones is 2. The molecule has 19 heavy (non-hydrogen) atoms. The number of hydrogen-bond donors (Lipinski definition) is 2. The second-order valence-corrected chi connectivity index (χ2v) is 5.32. The number of nitrogens with zero attached hydrogens (tertiary/aromatic N) is 1. The fourth-order valence-electron chi connectivity index (χ4n) is 3.18. The Hall–Kier alpha value is -1.88. The Kier molecular flexibility index (Phi) is 2.44. The molecule has 2 aliphatic rings. The lowest BCUT2D eigenvalue weighted by Gasteiger charge is -2.16. The van der Waals surface area contributed by atoms with E-state index in [-0.39, 0.29) is 29.2 Å². The van der Waals surface area contributed by atoms with Crippen LogP contribution in [0.3, 0.4) is 0 Å². The van der Waals surface area contributed by atoms with Crippen molar-refractivity contribution in [2.45, 2.75) is 38.8 Å². The van der Waals surface area contributed by atoms with E-state index in [9.17, 15) is 9.59 Å². The highest BCUT2D eigenvalue weighted by molar-refractivity contribution is 6.26. The summed E-state index contributed by atoms with van der Waals surface area (Å²) in [6, 6.07) is 1.81. The van der Waals surface area contributed by atoms with E-state index in [1.54, 1.807) is 13.0 Å². The third kappa shape index (κ3) is 1.39. The minimum absolute atomic E-state index is 0.0109. The molecule has 100 valence electrons. The molecule has 1 aromatic rings. The maximum absolute atomic E-state index is 12.3. The number of Topliss-reactive ketones (excluding diaryl/α,β-unsaturated/α-hetero) is 2. The fraction of sp³-hybridized carbons (Fsp3) is 0.429. The highest BCUT2D eigenvalue weighted by Crippen LogP contribution is 2.37. The normalized spacial score (nSPS) is 25.8. The van der Waals surface area contributed by atoms with Gasteiger partial charge in [-0.2, -0.15) is 0 Å². The summed E-state index contributed by atoms with van der Waals surface area (Å²) in [7, 11) is 0. The summed E-state index contributed by atoms with van der Waals surface area (Å²) >= 11 is 0. The molecular formula is C14H17N3O2. The summed E-state index contributed by atoms with van der Waals surface area (Å²) in [6.45, 7) is 4.26. The van der Waals surface area contributed by atoms with Crippen molar-refractivity contribution in [2.24, 2.45) is 11.5 Å². The van der Waals surface area contributed by atoms with Gasteiger partial charge in [0.05, 0.1) is 11.3 Å². The molecule has 0 radical (unpaired) electrons. The van der Waals surface area contributed by atoms with Crippen LogP contribution in [0.2, 0.25) is 0 Å². The molecule has 5 nitrogen and oxygen atoms in total. The molecule has 0 aromatic carbocycles. The Morgan fingerprint density at radius 2 is 2.05 bits per heavy atom. The Morgan fingerprint density at radius 3 is 2.68 bits per heavy atom. The zero-order valence-corrected chi connectivity index (χ0v) is 11.1. The quantitative estimate of drug-likeness (QED) is 0.785.